The lowest BCUT2D eigenvalue weighted by Gasteiger charge is -2.09. The summed E-state index contributed by atoms with van der Waals surface area (Å²) in [4.78, 5) is 33.6. The normalized spacial score (nSPS) is 10.6. The third kappa shape index (κ3) is 2.44. The van der Waals surface area contributed by atoms with Crippen molar-refractivity contribution in [1.82, 2.24) is 19.5 Å². The summed E-state index contributed by atoms with van der Waals surface area (Å²) in [5.41, 5.74) is 2.26. The van der Waals surface area contributed by atoms with Gasteiger partial charge in [0.2, 0.25) is 0 Å². The molecule has 7 nitrogen and oxygen atoms in total. The summed E-state index contributed by atoms with van der Waals surface area (Å²) in [6.45, 7) is 1.91. The van der Waals surface area contributed by atoms with E-state index in [0.717, 1.165) is 11.3 Å². The molecular formula is C15H15N5O2. The van der Waals surface area contributed by atoms with Crippen LogP contribution in [0.1, 0.15) is 16.2 Å². The van der Waals surface area contributed by atoms with Gasteiger partial charge in [-0.25, -0.2) is 9.78 Å². The molecule has 112 valence electrons. The second kappa shape index (κ2) is 5.36. The third-order valence-corrected chi connectivity index (χ3v) is 3.36. The van der Waals surface area contributed by atoms with Gasteiger partial charge in [0.05, 0.1) is 5.69 Å². The van der Waals surface area contributed by atoms with Crippen molar-refractivity contribution in [2.45, 2.75) is 6.92 Å². The lowest BCUT2D eigenvalue weighted by molar-refractivity contribution is 0.101. The van der Waals surface area contributed by atoms with Gasteiger partial charge in [0, 0.05) is 30.7 Å². The molecule has 0 aliphatic heterocycles. The molecule has 3 rings (SSSR count). The minimum atomic E-state index is -0.364. The highest BCUT2D eigenvalue weighted by molar-refractivity contribution is 6.04. The first-order valence-corrected chi connectivity index (χ1v) is 6.73. The van der Waals surface area contributed by atoms with Crippen molar-refractivity contribution >= 4 is 11.6 Å². The van der Waals surface area contributed by atoms with Crippen molar-refractivity contribution in [2.75, 3.05) is 5.32 Å². The highest BCUT2D eigenvalue weighted by Gasteiger charge is 2.15. The highest BCUT2D eigenvalue weighted by Crippen LogP contribution is 2.25. The van der Waals surface area contributed by atoms with Crippen LogP contribution in [-0.2, 0) is 7.05 Å². The lowest BCUT2D eigenvalue weighted by Crippen LogP contribution is -2.21. The average Bonchev–Trinajstić information content (AvgIpc) is 3.07. The number of rotatable bonds is 3. The monoisotopic (exact) mass is 297 g/mol. The smallest absolute Gasteiger partial charge is 0.325 e. The van der Waals surface area contributed by atoms with Crippen molar-refractivity contribution in [3.63, 3.8) is 0 Å². The van der Waals surface area contributed by atoms with Gasteiger partial charge in [-0.15, -0.1) is 0 Å². The van der Waals surface area contributed by atoms with Gasteiger partial charge in [0.15, 0.2) is 0 Å². The van der Waals surface area contributed by atoms with Crippen LogP contribution >= 0.6 is 0 Å². The van der Waals surface area contributed by atoms with Crippen LogP contribution in [0.5, 0.6) is 0 Å². The summed E-state index contributed by atoms with van der Waals surface area (Å²) in [7, 11) is 1.54. The first-order valence-electron chi connectivity index (χ1n) is 6.73. The Kier molecular flexibility index (Phi) is 3.38. The second-order valence-electron chi connectivity index (χ2n) is 4.95. The lowest BCUT2D eigenvalue weighted by atomic mass is 10.1. The summed E-state index contributed by atoms with van der Waals surface area (Å²) in [5, 5.41) is 2.81. The van der Waals surface area contributed by atoms with Crippen LogP contribution in [0.25, 0.3) is 11.4 Å². The Morgan fingerprint density at radius 3 is 2.73 bits per heavy atom. The summed E-state index contributed by atoms with van der Waals surface area (Å²) in [5.74, 6) is 0.313. The molecule has 1 aromatic carbocycles. The minimum absolute atomic E-state index is 0.260. The van der Waals surface area contributed by atoms with Crippen LogP contribution in [0.3, 0.4) is 0 Å². The van der Waals surface area contributed by atoms with Gasteiger partial charge in [-0.2, -0.15) is 0 Å². The SMILES string of the molecule is Cc1cnc(-c2ccccc2NC(=O)c2c[nH]c(=O)n2C)[nH]1. The Bertz CT molecular complexity index is 887. The van der Waals surface area contributed by atoms with E-state index in [1.165, 1.54) is 17.8 Å². The van der Waals surface area contributed by atoms with E-state index in [1.54, 1.807) is 12.3 Å². The maximum atomic E-state index is 12.3. The maximum Gasteiger partial charge on any atom is 0.325 e. The molecule has 3 aromatic rings. The van der Waals surface area contributed by atoms with Crippen molar-refractivity contribution in [2.24, 2.45) is 7.05 Å². The van der Waals surface area contributed by atoms with E-state index in [0.29, 0.717) is 11.5 Å². The summed E-state index contributed by atoms with van der Waals surface area (Å²) in [6.07, 6.45) is 3.11. The second-order valence-corrected chi connectivity index (χ2v) is 4.95. The zero-order valence-electron chi connectivity index (χ0n) is 12.2. The van der Waals surface area contributed by atoms with Crippen LogP contribution in [0, 0.1) is 6.92 Å². The van der Waals surface area contributed by atoms with E-state index >= 15 is 0 Å². The summed E-state index contributed by atoms with van der Waals surface area (Å²) >= 11 is 0. The molecule has 0 unspecified atom stereocenters. The number of imidazole rings is 2. The molecule has 3 N–H and O–H groups in total. The molecule has 0 radical (unpaired) electrons. The van der Waals surface area contributed by atoms with Gasteiger partial charge in [0.25, 0.3) is 5.91 Å². The molecular weight excluding hydrogens is 282 g/mol. The number of nitrogens with zero attached hydrogens (tertiary/aromatic N) is 2. The van der Waals surface area contributed by atoms with Crippen LogP contribution in [-0.4, -0.2) is 25.4 Å². The molecule has 22 heavy (non-hydrogen) atoms. The molecule has 0 saturated heterocycles. The van der Waals surface area contributed by atoms with E-state index < -0.39 is 0 Å². The molecule has 7 heteroatoms. The number of carbonyl (C=O) groups excluding carboxylic acids is 1. The van der Waals surface area contributed by atoms with Crippen LogP contribution in [0.15, 0.2) is 41.5 Å². The number of nitrogens with one attached hydrogen (secondary N) is 3. The summed E-state index contributed by atoms with van der Waals surface area (Å²) in [6, 6.07) is 7.35. The number of aromatic nitrogens is 4. The van der Waals surface area contributed by atoms with Crippen molar-refractivity contribution < 1.29 is 4.79 Å². The molecule has 0 aliphatic carbocycles. The number of anilines is 1. The molecule has 0 fully saturated rings. The Morgan fingerprint density at radius 2 is 2.09 bits per heavy atom. The number of carbonyl (C=O) groups is 1. The number of aryl methyl sites for hydroxylation is 1. The first-order chi connectivity index (χ1) is 10.6. The number of benzene rings is 1. The molecule has 0 saturated carbocycles. The van der Waals surface area contributed by atoms with Crippen LogP contribution in [0.2, 0.25) is 0 Å². The first kappa shape index (κ1) is 13.9. The van der Waals surface area contributed by atoms with Gasteiger partial charge >= 0.3 is 5.69 Å². The molecule has 2 heterocycles. The molecule has 0 aliphatic rings. The number of aromatic amines is 2. The molecule has 2 aromatic heterocycles. The van der Waals surface area contributed by atoms with Crippen molar-refractivity contribution in [3.8, 4) is 11.4 Å². The summed E-state index contributed by atoms with van der Waals surface area (Å²) < 4.78 is 1.26. The van der Waals surface area contributed by atoms with Gasteiger partial charge in [-0.1, -0.05) is 12.1 Å². The fraction of sp³-hybridized carbons (Fsp3) is 0.133. The maximum absolute atomic E-state index is 12.3. The Hall–Kier alpha value is -3.09. The molecule has 1 amide bonds. The molecule has 0 bridgehead atoms. The molecule has 0 atom stereocenters. The minimum Gasteiger partial charge on any atom is -0.342 e. The van der Waals surface area contributed by atoms with Gasteiger partial charge in [-0.05, 0) is 19.1 Å². The highest BCUT2D eigenvalue weighted by atomic mass is 16.2. The number of amides is 1. The number of hydrogen-bond acceptors (Lipinski definition) is 3. The largest absolute Gasteiger partial charge is 0.342 e. The van der Waals surface area contributed by atoms with E-state index in [2.05, 4.69) is 20.3 Å². The Labute approximate surface area is 126 Å². The van der Waals surface area contributed by atoms with Gasteiger partial charge in [-0.3, -0.25) is 9.36 Å². The van der Waals surface area contributed by atoms with E-state index in [4.69, 9.17) is 0 Å². The molecule has 0 spiro atoms. The van der Waals surface area contributed by atoms with E-state index in [-0.39, 0.29) is 17.3 Å². The van der Waals surface area contributed by atoms with Gasteiger partial charge < -0.3 is 15.3 Å². The van der Waals surface area contributed by atoms with Crippen molar-refractivity contribution in [3.05, 3.63) is 58.5 Å². The number of para-hydroxylation sites is 1. The standard InChI is InChI=1S/C15H15N5O2/c1-9-7-16-13(18-9)10-5-3-4-6-11(10)19-14(21)12-8-17-15(22)20(12)2/h3-8H,1-2H3,(H,16,18)(H,17,22)(H,19,21). The zero-order valence-corrected chi connectivity index (χ0v) is 12.2. The predicted molar refractivity (Wildman–Crippen MR) is 82.7 cm³/mol. The quantitative estimate of drug-likeness (QED) is 0.686. The number of H-pyrrole nitrogens is 2. The Balaban J connectivity index is 1.95. The average molecular weight is 297 g/mol. The van der Waals surface area contributed by atoms with Gasteiger partial charge in [0.1, 0.15) is 11.5 Å². The van der Waals surface area contributed by atoms with Crippen LogP contribution < -0.4 is 11.0 Å². The zero-order chi connectivity index (χ0) is 15.7. The van der Waals surface area contributed by atoms with E-state index in [9.17, 15) is 9.59 Å². The number of hydrogen-bond donors (Lipinski definition) is 3. The third-order valence-electron chi connectivity index (χ3n) is 3.36. The fourth-order valence-electron chi connectivity index (χ4n) is 2.19. The van der Waals surface area contributed by atoms with Crippen LogP contribution in [0.4, 0.5) is 5.69 Å². The topological polar surface area (TPSA) is 95.6 Å². The van der Waals surface area contributed by atoms with E-state index in [1.807, 2.05) is 25.1 Å². The van der Waals surface area contributed by atoms with Crippen molar-refractivity contribution in [1.29, 1.82) is 0 Å². The predicted octanol–water partition coefficient (Wildman–Crippen LogP) is 1.66. The fourth-order valence-corrected chi connectivity index (χ4v) is 2.19. The Morgan fingerprint density at radius 1 is 1.32 bits per heavy atom.